The number of anilines is 2. The SMILES string of the molecule is CC1=CC[C@@H]2C(=O)N(c3ccc(OC(=O)[C@@H]4CC(=O)N(c5cccc(C)c5C)C4)cc3C)C(=O)[C@H]2C1. The maximum absolute atomic E-state index is 13.1. The van der Waals surface area contributed by atoms with Crippen molar-refractivity contribution in [1.29, 1.82) is 0 Å². The Balaban J connectivity index is 1.29. The summed E-state index contributed by atoms with van der Waals surface area (Å²) in [6.07, 6.45) is 3.34. The van der Waals surface area contributed by atoms with Crippen LogP contribution < -0.4 is 14.5 Å². The lowest BCUT2D eigenvalue weighted by molar-refractivity contribution is -0.139. The normalized spacial score (nSPS) is 23.7. The lowest BCUT2D eigenvalue weighted by atomic mass is 9.82. The largest absolute Gasteiger partial charge is 0.426 e. The van der Waals surface area contributed by atoms with Crippen LogP contribution >= 0.6 is 0 Å². The summed E-state index contributed by atoms with van der Waals surface area (Å²) in [5, 5.41) is 0. The van der Waals surface area contributed by atoms with E-state index in [1.54, 1.807) is 30.0 Å². The molecule has 7 heteroatoms. The molecule has 3 atom stereocenters. The summed E-state index contributed by atoms with van der Waals surface area (Å²) in [7, 11) is 0. The maximum atomic E-state index is 13.1. The average molecular weight is 487 g/mol. The van der Waals surface area contributed by atoms with Crippen LogP contribution in [0.15, 0.2) is 48.0 Å². The van der Waals surface area contributed by atoms with Crippen molar-refractivity contribution in [1.82, 2.24) is 0 Å². The molecule has 0 N–H and O–H groups in total. The average Bonchev–Trinajstić information content (AvgIpc) is 3.33. The van der Waals surface area contributed by atoms with Crippen molar-refractivity contribution in [2.24, 2.45) is 17.8 Å². The number of carbonyl (C=O) groups excluding carboxylic acids is 4. The molecule has 5 rings (SSSR count). The van der Waals surface area contributed by atoms with Crippen molar-refractivity contribution in [3.8, 4) is 5.75 Å². The van der Waals surface area contributed by atoms with Gasteiger partial charge in [0, 0.05) is 18.7 Å². The number of fused-ring (bicyclic) bond motifs is 1. The van der Waals surface area contributed by atoms with E-state index >= 15 is 0 Å². The van der Waals surface area contributed by atoms with E-state index in [2.05, 4.69) is 0 Å². The van der Waals surface area contributed by atoms with Crippen LogP contribution in [-0.4, -0.2) is 30.2 Å². The van der Waals surface area contributed by atoms with Crippen LogP contribution in [0.3, 0.4) is 0 Å². The van der Waals surface area contributed by atoms with Crippen molar-refractivity contribution in [2.75, 3.05) is 16.3 Å². The molecule has 0 aromatic heterocycles. The molecule has 2 aromatic carbocycles. The van der Waals surface area contributed by atoms with E-state index in [-0.39, 0.29) is 42.5 Å². The third-order valence-corrected chi connectivity index (χ3v) is 7.78. The molecular formula is C29H30N2O5. The van der Waals surface area contributed by atoms with Gasteiger partial charge in [-0.05, 0) is 81.5 Å². The van der Waals surface area contributed by atoms with Crippen molar-refractivity contribution >= 4 is 35.1 Å². The Morgan fingerprint density at radius 3 is 2.39 bits per heavy atom. The standard InChI is InChI=1S/C29H30N2O5/c1-16-8-10-22-23(12-16)28(34)31(27(22)33)24-11-9-21(13-18(24)3)36-29(35)20-14-26(32)30(15-20)25-7-5-6-17(2)19(25)4/h5-9,11,13,20,22-23H,10,12,14-15H2,1-4H3/t20-,22+,23+/m1/s1. The molecule has 0 spiro atoms. The number of nitrogens with zero attached hydrogens (tertiary/aromatic N) is 2. The number of hydrogen-bond acceptors (Lipinski definition) is 5. The zero-order valence-corrected chi connectivity index (χ0v) is 21.0. The Morgan fingerprint density at radius 1 is 0.889 bits per heavy atom. The van der Waals surface area contributed by atoms with Crippen molar-refractivity contribution < 1.29 is 23.9 Å². The second-order valence-electron chi connectivity index (χ2n) is 10.2. The topological polar surface area (TPSA) is 84.0 Å². The summed E-state index contributed by atoms with van der Waals surface area (Å²) in [6, 6.07) is 10.7. The number of allylic oxidation sites excluding steroid dienone is 2. The highest BCUT2D eigenvalue weighted by molar-refractivity contribution is 6.22. The Kier molecular flexibility index (Phi) is 6.02. The monoisotopic (exact) mass is 486 g/mol. The van der Waals surface area contributed by atoms with Crippen LogP contribution in [-0.2, 0) is 19.2 Å². The molecule has 7 nitrogen and oxygen atoms in total. The zero-order valence-electron chi connectivity index (χ0n) is 21.0. The first-order chi connectivity index (χ1) is 17.2. The first-order valence-electron chi connectivity index (χ1n) is 12.4. The first-order valence-corrected chi connectivity index (χ1v) is 12.4. The summed E-state index contributed by atoms with van der Waals surface area (Å²) in [5.74, 6) is -1.76. The van der Waals surface area contributed by atoms with Gasteiger partial charge in [0.2, 0.25) is 17.7 Å². The molecule has 0 saturated carbocycles. The van der Waals surface area contributed by atoms with Gasteiger partial charge in [-0.15, -0.1) is 0 Å². The quantitative estimate of drug-likeness (QED) is 0.277. The van der Waals surface area contributed by atoms with E-state index in [0.717, 1.165) is 22.4 Å². The minimum absolute atomic E-state index is 0.0935. The van der Waals surface area contributed by atoms with Crippen molar-refractivity contribution in [3.05, 3.63) is 64.7 Å². The Bertz CT molecular complexity index is 1330. The first kappa shape index (κ1) is 24.0. The molecule has 1 aliphatic carbocycles. The molecule has 186 valence electrons. The third-order valence-electron chi connectivity index (χ3n) is 7.78. The molecule has 2 saturated heterocycles. The van der Waals surface area contributed by atoms with Gasteiger partial charge in [0.05, 0.1) is 23.4 Å². The Hall–Kier alpha value is -3.74. The molecule has 2 aromatic rings. The number of esters is 1. The molecule has 0 bridgehead atoms. The van der Waals surface area contributed by atoms with Crippen LogP contribution in [0, 0.1) is 38.5 Å². The predicted octanol–water partition coefficient (Wildman–Crippen LogP) is 4.42. The van der Waals surface area contributed by atoms with E-state index in [1.807, 2.05) is 45.0 Å². The fourth-order valence-corrected chi connectivity index (χ4v) is 5.54. The van der Waals surface area contributed by atoms with Crippen LogP contribution in [0.2, 0.25) is 0 Å². The van der Waals surface area contributed by atoms with E-state index in [1.165, 1.54) is 4.90 Å². The van der Waals surface area contributed by atoms with Crippen molar-refractivity contribution in [3.63, 3.8) is 0 Å². The highest BCUT2D eigenvalue weighted by Crippen LogP contribution is 2.41. The summed E-state index contributed by atoms with van der Waals surface area (Å²) >= 11 is 0. The molecular weight excluding hydrogens is 456 g/mol. The second kappa shape index (κ2) is 9.04. The number of carbonyl (C=O) groups is 4. The van der Waals surface area contributed by atoms with E-state index in [4.69, 9.17) is 4.74 Å². The lowest BCUT2D eigenvalue weighted by Crippen LogP contribution is -2.31. The fraction of sp³-hybridized carbons (Fsp3) is 0.379. The Morgan fingerprint density at radius 2 is 1.64 bits per heavy atom. The molecule has 2 heterocycles. The summed E-state index contributed by atoms with van der Waals surface area (Å²) < 4.78 is 5.63. The lowest BCUT2D eigenvalue weighted by Gasteiger charge is -2.20. The van der Waals surface area contributed by atoms with Gasteiger partial charge in [-0.3, -0.25) is 19.2 Å². The van der Waals surface area contributed by atoms with Gasteiger partial charge in [-0.1, -0.05) is 23.8 Å². The zero-order chi connectivity index (χ0) is 25.7. The minimum atomic E-state index is -0.571. The van der Waals surface area contributed by atoms with Gasteiger partial charge >= 0.3 is 5.97 Å². The smallest absolute Gasteiger partial charge is 0.316 e. The van der Waals surface area contributed by atoms with Crippen molar-refractivity contribution in [2.45, 2.75) is 47.0 Å². The molecule has 0 radical (unpaired) electrons. The number of rotatable bonds is 4. The number of hydrogen-bond donors (Lipinski definition) is 0. The molecule has 0 unspecified atom stereocenters. The fourth-order valence-electron chi connectivity index (χ4n) is 5.54. The van der Waals surface area contributed by atoms with Crippen LogP contribution in [0.4, 0.5) is 11.4 Å². The van der Waals surface area contributed by atoms with Crippen LogP contribution in [0.5, 0.6) is 5.75 Å². The van der Waals surface area contributed by atoms with Gasteiger partial charge < -0.3 is 9.64 Å². The van der Waals surface area contributed by atoms with Crippen LogP contribution in [0.25, 0.3) is 0 Å². The van der Waals surface area contributed by atoms with Gasteiger partial charge in [0.1, 0.15) is 5.75 Å². The molecule has 3 amide bonds. The minimum Gasteiger partial charge on any atom is -0.426 e. The van der Waals surface area contributed by atoms with E-state index < -0.39 is 11.9 Å². The molecule has 2 aliphatic heterocycles. The van der Waals surface area contributed by atoms with Gasteiger partial charge in [0.25, 0.3) is 0 Å². The van der Waals surface area contributed by atoms with Gasteiger partial charge in [-0.2, -0.15) is 0 Å². The van der Waals surface area contributed by atoms with Gasteiger partial charge in [-0.25, -0.2) is 4.90 Å². The van der Waals surface area contributed by atoms with E-state index in [9.17, 15) is 19.2 Å². The molecule has 36 heavy (non-hydrogen) atoms. The second-order valence-corrected chi connectivity index (χ2v) is 10.2. The Labute approximate surface area is 210 Å². The number of ether oxygens (including phenoxy) is 1. The number of imide groups is 1. The summed E-state index contributed by atoms with van der Waals surface area (Å²) in [4.78, 5) is 54.6. The highest BCUT2D eigenvalue weighted by Gasteiger charge is 2.49. The maximum Gasteiger partial charge on any atom is 0.316 e. The number of aryl methyl sites for hydroxylation is 2. The molecule has 2 fully saturated rings. The summed E-state index contributed by atoms with van der Waals surface area (Å²) in [5.41, 5.74) is 5.25. The summed E-state index contributed by atoms with van der Waals surface area (Å²) in [6.45, 7) is 8.01. The van der Waals surface area contributed by atoms with Gasteiger partial charge in [0.15, 0.2) is 0 Å². The van der Waals surface area contributed by atoms with Crippen LogP contribution in [0.1, 0.15) is 42.9 Å². The van der Waals surface area contributed by atoms with E-state index in [0.29, 0.717) is 29.8 Å². The highest BCUT2D eigenvalue weighted by atomic mass is 16.5. The third kappa shape index (κ3) is 4.02. The predicted molar refractivity (Wildman–Crippen MR) is 136 cm³/mol. The molecule has 3 aliphatic rings. The number of benzene rings is 2. The number of amides is 3.